The van der Waals surface area contributed by atoms with Crippen molar-refractivity contribution in [2.45, 2.75) is 25.4 Å². The molecule has 0 aromatic carbocycles. The van der Waals surface area contributed by atoms with Crippen molar-refractivity contribution in [1.82, 2.24) is 9.97 Å². The molecule has 1 aromatic rings. The molecule has 0 unspecified atom stereocenters. The van der Waals surface area contributed by atoms with Crippen molar-refractivity contribution in [3.05, 3.63) is 11.8 Å². The summed E-state index contributed by atoms with van der Waals surface area (Å²) >= 11 is 0. The third-order valence-electron chi connectivity index (χ3n) is 2.02. The Morgan fingerprint density at radius 2 is 2.31 bits per heavy atom. The van der Waals surface area contributed by atoms with E-state index in [9.17, 15) is 0 Å². The van der Waals surface area contributed by atoms with Gasteiger partial charge in [-0.1, -0.05) is 0 Å². The Morgan fingerprint density at radius 1 is 1.54 bits per heavy atom. The predicted molar refractivity (Wildman–Crippen MR) is 51.0 cm³/mol. The van der Waals surface area contributed by atoms with Gasteiger partial charge in [-0.3, -0.25) is 0 Å². The fourth-order valence-electron chi connectivity index (χ4n) is 1.12. The SMILES string of the molecule is NCc1cnc(N)nc1NC1CC1. The summed E-state index contributed by atoms with van der Waals surface area (Å²) in [6, 6.07) is 0.555. The van der Waals surface area contributed by atoms with Gasteiger partial charge < -0.3 is 16.8 Å². The molecule has 1 aromatic heterocycles. The molecule has 70 valence electrons. The minimum absolute atomic E-state index is 0.292. The summed E-state index contributed by atoms with van der Waals surface area (Å²) in [5.74, 6) is 1.08. The van der Waals surface area contributed by atoms with Crippen molar-refractivity contribution >= 4 is 11.8 Å². The van der Waals surface area contributed by atoms with E-state index >= 15 is 0 Å². The number of nitrogens with zero attached hydrogens (tertiary/aromatic N) is 2. The van der Waals surface area contributed by atoms with E-state index in [0.717, 1.165) is 11.4 Å². The van der Waals surface area contributed by atoms with Crippen molar-refractivity contribution in [1.29, 1.82) is 0 Å². The highest BCUT2D eigenvalue weighted by Gasteiger charge is 2.22. The van der Waals surface area contributed by atoms with E-state index in [0.29, 0.717) is 18.5 Å². The van der Waals surface area contributed by atoms with Crippen LogP contribution in [-0.4, -0.2) is 16.0 Å². The molecule has 1 aliphatic carbocycles. The van der Waals surface area contributed by atoms with Crippen LogP contribution in [0.1, 0.15) is 18.4 Å². The predicted octanol–water partition coefficient (Wildman–Crippen LogP) is 0.0918. The monoisotopic (exact) mass is 179 g/mol. The molecule has 0 spiro atoms. The summed E-state index contributed by atoms with van der Waals surface area (Å²) in [4.78, 5) is 7.98. The molecule has 1 heterocycles. The Hall–Kier alpha value is -1.36. The number of anilines is 2. The van der Waals surface area contributed by atoms with Crippen LogP contribution in [0.15, 0.2) is 6.20 Å². The Morgan fingerprint density at radius 3 is 2.92 bits per heavy atom. The number of nitrogens with two attached hydrogens (primary N) is 2. The highest BCUT2D eigenvalue weighted by atomic mass is 15.1. The van der Waals surface area contributed by atoms with E-state index < -0.39 is 0 Å². The van der Waals surface area contributed by atoms with Crippen molar-refractivity contribution < 1.29 is 0 Å². The van der Waals surface area contributed by atoms with Gasteiger partial charge in [0.2, 0.25) is 5.95 Å². The normalized spacial score (nSPS) is 15.8. The standard InChI is InChI=1S/C8H13N5/c9-3-5-4-11-8(10)13-7(5)12-6-1-2-6/h4,6H,1-3,9H2,(H3,10,11,12,13). The molecule has 1 aliphatic rings. The van der Waals surface area contributed by atoms with Crippen LogP contribution in [-0.2, 0) is 6.54 Å². The van der Waals surface area contributed by atoms with Gasteiger partial charge in [0.05, 0.1) is 0 Å². The first-order valence-corrected chi connectivity index (χ1v) is 4.37. The van der Waals surface area contributed by atoms with Crippen molar-refractivity contribution in [2.75, 3.05) is 11.1 Å². The zero-order chi connectivity index (χ0) is 9.26. The average molecular weight is 179 g/mol. The second-order valence-electron chi connectivity index (χ2n) is 3.22. The van der Waals surface area contributed by atoms with E-state index in [1.165, 1.54) is 12.8 Å². The lowest BCUT2D eigenvalue weighted by Gasteiger charge is -2.08. The summed E-state index contributed by atoms with van der Waals surface area (Å²) in [7, 11) is 0. The van der Waals surface area contributed by atoms with Gasteiger partial charge >= 0.3 is 0 Å². The van der Waals surface area contributed by atoms with Crippen LogP contribution in [0.5, 0.6) is 0 Å². The molecule has 0 bridgehead atoms. The number of rotatable bonds is 3. The minimum atomic E-state index is 0.292. The lowest BCUT2D eigenvalue weighted by molar-refractivity contribution is 0.992. The zero-order valence-electron chi connectivity index (χ0n) is 7.33. The van der Waals surface area contributed by atoms with Crippen molar-refractivity contribution in [2.24, 2.45) is 5.73 Å². The first-order chi connectivity index (χ1) is 6.29. The quantitative estimate of drug-likeness (QED) is 0.612. The van der Waals surface area contributed by atoms with E-state index in [1.54, 1.807) is 6.20 Å². The summed E-state index contributed by atoms with van der Waals surface area (Å²) in [6.07, 6.45) is 4.08. The van der Waals surface area contributed by atoms with E-state index in [1.807, 2.05) is 0 Å². The molecule has 2 rings (SSSR count). The summed E-state index contributed by atoms with van der Waals surface area (Å²) in [5.41, 5.74) is 11.9. The molecule has 5 nitrogen and oxygen atoms in total. The van der Waals surface area contributed by atoms with Crippen LogP contribution in [0, 0.1) is 0 Å². The number of aromatic nitrogens is 2. The maximum Gasteiger partial charge on any atom is 0.221 e. The number of nitrogen functional groups attached to an aromatic ring is 1. The average Bonchev–Trinajstić information content (AvgIpc) is 2.89. The van der Waals surface area contributed by atoms with Crippen LogP contribution in [0.3, 0.4) is 0 Å². The Balaban J connectivity index is 2.22. The first-order valence-electron chi connectivity index (χ1n) is 4.37. The maximum atomic E-state index is 5.54. The fourth-order valence-corrected chi connectivity index (χ4v) is 1.12. The molecule has 0 atom stereocenters. The van der Waals surface area contributed by atoms with Gasteiger partial charge in [-0.25, -0.2) is 4.98 Å². The van der Waals surface area contributed by atoms with Crippen LogP contribution >= 0.6 is 0 Å². The third-order valence-corrected chi connectivity index (χ3v) is 2.02. The Kier molecular flexibility index (Phi) is 2.02. The number of nitrogens with one attached hydrogen (secondary N) is 1. The molecule has 1 fully saturated rings. The molecule has 0 aliphatic heterocycles. The highest BCUT2D eigenvalue weighted by molar-refractivity contribution is 5.47. The lowest BCUT2D eigenvalue weighted by atomic mass is 10.3. The smallest absolute Gasteiger partial charge is 0.221 e. The first kappa shape index (κ1) is 8.25. The second kappa shape index (κ2) is 3.18. The van der Waals surface area contributed by atoms with Gasteiger partial charge in [-0.15, -0.1) is 0 Å². The molecule has 0 amide bonds. The highest BCUT2D eigenvalue weighted by Crippen LogP contribution is 2.25. The minimum Gasteiger partial charge on any atom is -0.368 e. The molecular weight excluding hydrogens is 166 g/mol. The van der Waals surface area contributed by atoms with Gasteiger partial charge in [-0.2, -0.15) is 4.98 Å². The van der Waals surface area contributed by atoms with Gasteiger partial charge in [-0.05, 0) is 12.8 Å². The molecular formula is C8H13N5. The summed E-state index contributed by atoms with van der Waals surface area (Å²) in [6.45, 7) is 0.440. The van der Waals surface area contributed by atoms with Crippen LogP contribution < -0.4 is 16.8 Å². The molecule has 13 heavy (non-hydrogen) atoms. The van der Waals surface area contributed by atoms with Gasteiger partial charge in [0.1, 0.15) is 5.82 Å². The lowest BCUT2D eigenvalue weighted by Crippen LogP contribution is -2.11. The number of hydrogen-bond donors (Lipinski definition) is 3. The molecule has 0 radical (unpaired) electrons. The largest absolute Gasteiger partial charge is 0.368 e. The molecule has 5 N–H and O–H groups in total. The van der Waals surface area contributed by atoms with E-state index in [4.69, 9.17) is 11.5 Å². The Bertz CT molecular complexity index is 307. The van der Waals surface area contributed by atoms with Gasteiger partial charge in [0.25, 0.3) is 0 Å². The van der Waals surface area contributed by atoms with Crippen LogP contribution in [0.2, 0.25) is 0 Å². The van der Waals surface area contributed by atoms with Crippen LogP contribution in [0.4, 0.5) is 11.8 Å². The van der Waals surface area contributed by atoms with E-state index in [-0.39, 0.29) is 0 Å². The van der Waals surface area contributed by atoms with Crippen molar-refractivity contribution in [3.63, 3.8) is 0 Å². The molecule has 1 saturated carbocycles. The second-order valence-corrected chi connectivity index (χ2v) is 3.22. The van der Waals surface area contributed by atoms with Gasteiger partial charge in [0, 0.05) is 24.3 Å². The maximum absolute atomic E-state index is 5.54. The number of hydrogen-bond acceptors (Lipinski definition) is 5. The topological polar surface area (TPSA) is 89.8 Å². The van der Waals surface area contributed by atoms with E-state index in [2.05, 4.69) is 15.3 Å². The third kappa shape index (κ3) is 1.86. The van der Waals surface area contributed by atoms with Crippen LogP contribution in [0.25, 0.3) is 0 Å². The zero-order valence-corrected chi connectivity index (χ0v) is 7.33. The molecule has 5 heteroatoms. The summed E-state index contributed by atoms with van der Waals surface area (Å²) in [5, 5.41) is 3.27. The molecule has 0 saturated heterocycles. The Labute approximate surface area is 76.6 Å². The van der Waals surface area contributed by atoms with Gasteiger partial charge in [0.15, 0.2) is 0 Å². The van der Waals surface area contributed by atoms with Crippen molar-refractivity contribution in [3.8, 4) is 0 Å². The fraction of sp³-hybridized carbons (Fsp3) is 0.500. The summed E-state index contributed by atoms with van der Waals surface area (Å²) < 4.78 is 0.